The van der Waals surface area contributed by atoms with Crippen LogP contribution in [-0.4, -0.2) is 41.8 Å². The summed E-state index contributed by atoms with van der Waals surface area (Å²) in [7, 11) is 0. The molecule has 0 amide bonds. The van der Waals surface area contributed by atoms with E-state index in [4.69, 9.17) is 5.11 Å². The van der Waals surface area contributed by atoms with Crippen LogP contribution in [0.1, 0.15) is 182 Å². The van der Waals surface area contributed by atoms with Crippen molar-refractivity contribution in [3.8, 4) is 0 Å². The molecule has 0 aromatic heterocycles. The zero-order valence-electron chi connectivity index (χ0n) is 26.3. The Bertz CT molecular complexity index is 427. The molecule has 0 saturated heterocycles. The van der Waals surface area contributed by atoms with Crippen molar-refractivity contribution < 1.29 is 9.90 Å². The third-order valence-corrected chi connectivity index (χ3v) is 7.57. The highest BCUT2D eigenvalue weighted by molar-refractivity contribution is 5.66. The van der Waals surface area contributed by atoms with Crippen LogP contribution in [0.25, 0.3) is 0 Å². The Labute approximate surface area is 234 Å². The summed E-state index contributed by atoms with van der Waals surface area (Å²) in [5.74, 6) is -0.651. The fourth-order valence-corrected chi connectivity index (χ4v) is 4.94. The number of rotatable bonds is 28. The third kappa shape index (κ3) is 33.4. The van der Waals surface area contributed by atoms with E-state index in [0.717, 1.165) is 32.5 Å². The van der Waals surface area contributed by atoms with E-state index in [-0.39, 0.29) is 0 Å². The van der Waals surface area contributed by atoms with Gasteiger partial charge in [-0.25, -0.2) is 0 Å². The molecule has 0 fully saturated rings. The van der Waals surface area contributed by atoms with E-state index in [1.54, 1.807) is 0 Å². The molecule has 4 nitrogen and oxygen atoms in total. The molecule has 1 atom stereocenters. The van der Waals surface area contributed by atoms with Crippen molar-refractivity contribution in [1.29, 1.82) is 0 Å². The highest BCUT2D eigenvalue weighted by Gasteiger charge is 2.07. The van der Waals surface area contributed by atoms with Gasteiger partial charge in [-0.15, -0.1) is 0 Å². The van der Waals surface area contributed by atoms with Crippen LogP contribution in [-0.2, 0) is 4.79 Å². The molecular weight excluding hydrogens is 456 g/mol. The fourth-order valence-electron chi connectivity index (χ4n) is 4.94. The third-order valence-electron chi connectivity index (χ3n) is 7.57. The lowest BCUT2D eigenvalue weighted by molar-refractivity contribution is -0.137. The van der Waals surface area contributed by atoms with Crippen LogP contribution in [0.3, 0.4) is 0 Å². The monoisotopic (exact) mass is 527 g/mol. The maximum atomic E-state index is 10.4. The fraction of sp³-hybridized carbons (Fsp3) is 0.970. The predicted molar refractivity (Wildman–Crippen MR) is 166 cm³/mol. The molecule has 0 saturated carbocycles. The Morgan fingerprint density at radius 2 is 0.892 bits per heavy atom. The quantitative estimate of drug-likeness (QED) is 0.0786. The lowest BCUT2D eigenvalue weighted by atomic mass is 10.0. The summed E-state index contributed by atoms with van der Waals surface area (Å²) in [6, 6.07) is 0. The van der Waals surface area contributed by atoms with E-state index >= 15 is 0 Å². The highest BCUT2D eigenvalue weighted by atomic mass is 16.4. The molecule has 2 N–H and O–H groups in total. The predicted octanol–water partition coefficient (Wildman–Crippen LogP) is 10.3. The Hall–Kier alpha value is -0.610. The molecular formula is C33H70N2O2. The van der Waals surface area contributed by atoms with Gasteiger partial charge in [0.2, 0.25) is 0 Å². The minimum atomic E-state index is -0.651. The molecule has 0 aliphatic heterocycles. The zero-order valence-corrected chi connectivity index (χ0v) is 26.3. The number of carboxylic acids is 1. The number of carbonyl (C=O) groups is 1. The van der Waals surface area contributed by atoms with E-state index in [9.17, 15) is 4.79 Å². The summed E-state index contributed by atoms with van der Waals surface area (Å²) >= 11 is 0. The zero-order chi connectivity index (χ0) is 27.8. The number of nitrogens with zero attached hydrogens (tertiary/aromatic N) is 1. The van der Waals surface area contributed by atoms with Gasteiger partial charge in [-0.3, -0.25) is 9.69 Å². The molecule has 0 rings (SSSR count). The lowest BCUT2D eigenvalue weighted by Crippen LogP contribution is -2.43. The van der Waals surface area contributed by atoms with Crippen LogP contribution in [0, 0.1) is 0 Å². The van der Waals surface area contributed by atoms with Gasteiger partial charge < -0.3 is 10.4 Å². The normalized spacial score (nSPS) is 11.9. The minimum absolute atomic E-state index is 0.346. The van der Waals surface area contributed by atoms with Crippen molar-refractivity contribution in [2.75, 3.05) is 19.6 Å². The van der Waals surface area contributed by atoms with Gasteiger partial charge in [0.25, 0.3) is 0 Å². The number of nitrogens with one attached hydrogen (secondary N) is 1. The SMILES string of the molecule is CCCCCCCCCCCCCCCCCCCCCC(=O)O.CCCCCNC(C)N(CC)CC. The van der Waals surface area contributed by atoms with E-state index in [1.165, 1.54) is 128 Å². The van der Waals surface area contributed by atoms with Crippen LogP contribution in [0.2, 0.25) is 0 Å². The Balaban J connectivity index is 0. The molecule has 0 aromatic rings. The van der Waals surface area contributed by atoms with E-state index in [0.29, 0.717) is 12.6 Å². The minimum Gasteiger partial charge on any atom is -0.481 e. The second-order valence-corrected chi connectivity index (χ2v) is 11.1. The first kappa shape index (κ1) is 38.5. The Morgan fingerprint density at radius 1 is 0.568 bits per heavy atom. The van der Waals surface area contributed by atoms with Crippen molar-refractivity contribution in [2.24, 2.45) is 0 Å². The number of aliphatic carboxylic acids is 1. The first-order valence-electron chi connectivity index (χ1n) is 16.7. The molecule has 1 unspecified atom stereocenters. The van der Waals surface area contributed by atoms with Gasteiger partial charge in [-0.05, 0) is 39.4 Å². The summed E-state index contributed by atoms with van der Waals surface area (Å²) in [5, 5.41) is 12.1. The van der Waals surface area contributed by atoms with Crippen LogP contribution in [0.15, 0.2) is 0 Å². The lowest BCUT2D eigenvalue weighted by Gasteiger charge is -2.27. The van der Waals surface area contributed by atoms with Gasteiger partial charge in [-0.1, -0.05) is 156 Å². The molecule has 37 heavy (non-hydrogen) atoms. The van der Waals surface area contributed by atoms with Crippen molar-refractivity contribution in [1.82, 2.24) is 10.2 Å². The average Bonchev–Trinajstić information content (AvgIpc) is 2.89. The molecule has 0 aliphatic rings. The van der Waals surface area contributed by atoms with Gasteiger partial charge in [-0.2, -0.15) is 0 Å². The first-order valence-corrected chi connectivity index (χ1v) is 16.7. The largest absolute Gasteiger partial charge is 0.481 e. The van der Waals surface area contributed by atoms with Crippen molar-refractivity contribution >= 4 is 5.97 Å². The van der Waals surface area contributed by atoms with E-state index < -0.39 is 5.97 Å². The first-order chi connectivity index (χ1) is 18.0. The average molecular weight is 527 g/mol. The number of unbranched alkanes of at least 4 members (excludes halogenated alkanes) is 20. The Morgan fingerprint density at radius 3 is 1.22 bits per heavy atom. The maximum absolute atomic E-state index is 10.4. The van der Waals surface area contributed by atoms with Gasteiger partial charge in [0, 0.05) is 6.42 Å². The summed E-state index contributed by atoms with van der Waals surface area (Å²) in [4.78, 5) is 12.8. The molecule has 0 heterocycles. The summed E-state index contributed by atoms with van der Waals surface area (Å²) in [6.07, 6.45) is 30.6. The number of carboxylic acid groups (broad SMARTS) is 1. The molecule has 0 aliphatic carbocycles. The molecule has 0 aromatic carbocycles. The second kappa shape index (κ2) is 33.4. The maximum Gasteiger partial charge on any atom is 0.303 e. The van der Waals surface area contributed by atoms with Crippen LogP contribution in [0.5, 0.6) is 0 Å². The Kier molecular flexibility index (Phi) is 34.8. The topological polar surface area (TPSA) is 52.6 Å². The van der Waals surface area contributed by atoms with Crippen molar-refractivity contribution in [3.05, 3.63) is 0 Å². The number of hydrogen-bond donors (Lipinski definition) is 2. The molecule has 4 heteroatoms. The summed E-state index contributed by atoms with van der Waals surface area (Å²) in [6.45, 7) is 14.6. The van der Waals surface area contributed by atoms with Gasteiger partial charge in [0.1, 0.15) is 0 Å². The van der Waals surface area contributed by atoms with Crippen LogP contribution in [0.4, 0.5) is 0 Å². The van der Waals surface area contributed by atoms with Gasteiger partial charge >= 0.3 is 5.97 Å². The van der Waals surface area contributed by atoms with Crippen molar-refractivity contribution in [3.63, 3.8) is 0 Å². The van der Waals surface area contributed by atoms with E-state index in [2.05, 4.69) is 44.8 Å². The van der Waals surface area contributed by atoms with Crippen LogP contribution < -0.4 is 5.32 Å². The number of hydrogen-bond acceptors (Lipinski definition) is 3. The van der Waals surface area contributed by atoms with E-state index in [1.807, 2.05) is 0 Å². The molecule has 224 valence electrons. The summed E-state index contributed by atoms with van der Waals surface area (Å²) in [5.41, 5.74) is 0. The molecule has 0 radical (unpaired) electrons. The highest BCUT2D eigenvalue weighted by Crippen LogP contribution is 2.14. The van der Waals surface area contributed by atoms with Gasteiger partial charge in [0.15, 0.2) is 0 Å². The van der Waals surface area contributed by atoms with Gasteiger partial charge in [0.05, 0.1) is 6.17 Å². The molecule has 0 bridgehead atoms. The second-order valence-electron chi connectivity index (χ2n) is 11.1. The summed E-state index contributed by atoms with van der Waals surface area (Å²) < 4.78 is 0. The van der Waals surface area contributed by atoms with Crippen LogP contribution >= 0.6 is 0 Å². The molecule has 0 spiro atoms. The smallest absolute Gasteiger partial charge is 0.303 e. The standard InChI is InChI=1S/C22H44O2.C11H26N2/c1-2-3-4-5-6-7-8-9-10-11-12-13-14-15-16-17-18-19-20-21-22(23)24;1-5-8-9-10-12-11(4)13(6-2)7-3/h2-21H2,1H3,(H,23,24);11-12H,5-10H2,1-4H3. The van der Waals surface area contributed by atoms with Crippen molar-refractivity contribution in [2.45, 2.75) is 188 Å².